The molecule has 0 spiro atoms. The van der Waals surface area contributed by atoms with E-state index in [1.54, 1.807) is 12.1 Å². The summed E-state index contributed by atoms with van der Waals surface area (Å²) < 4.78 is 0.907. The molecular formula is C12H13BrN2O. The molecule has 1 fully saturated rings. The van der Waals surface area contributed by atoms with Gasteiger partial charge in [0.05, 0.1) is 22.9 Å². The summed E-state index contributed by atoms with van der Waals surface area (Å²) in [7, 11) is 0. The second-order valence-corrected chi connectivity index (χ2v) is 5.07. The Morgan fingerprint density at radius 3 is 2.75 bits per heavy atom. The highest BCUT2D eigenvalue weighted by Gasteiger charge is 2.39. The molecule has 1 heterocycles. The Balaban J connectivity index is 2.16. The first-order valence-corrected chi connectivity index (χ1v) is 6.04. The fourth-order valence-corrected chi connectivity index (χ4v) is 2.52. The van der Waals surface area contributed by atoms with Crippen LogP contribution >= 0.6 is 15.9 Å². The largest absolute Gasteiger partial charge is 0.386 e. The van der Waals surface area contributed by atoms with Crippen molar-refractivity contribution in [2.45, 2.75) is 18.9 Å². The number of halogens is 1. The number of rotatable bonds is 2. The summed E-state index contributed by atoms with van der Waals surface area (Å²) in [6.07, 6.45) is 0.775. The smallest absolute Gasteiger partial charge is 0.0992 e. The molecule has 1 aliphatic heterocycles. The van der Waals surface area contributed by atoms with Gasteiger partial charge in [-0.2, -0.15) is 5.26 Å². The van der Waals surface area contributed by atoms with Crippen LogP contribution in [0.25, 0.3) is 0 Å². The highest BCUT2D eigenvalue weighted by molar-refractivity contribution is 9.10. The van der Waals surface area contributed by atoms with Gasteiger partial charge in [0.15, 0.2) is 0 Å². The summed E-state index contributed by atoms with van der Waals surface area (Å²) in [5.74, 6) is 0. The van der Waals surface area contributed by atoms with Crippen molar-refractivity contribution in [3.05, 3.63) is 28.2 Å². The number of hydrogen-bond donors (Lipinski definition) is 1. The molecular weight excluding hydrogens is 268 g/mol. The molecule has 84 valence electrons. The normalized spacial score (nSPS) is 17.8. The van der Waals surface area contributed by atoms with E-state index in [-0.39, 0.29) is 0 Å². The summed E-state index contributed by atoms with van der Waals surface area (Å²) in [4.78, 5) is 2.11. The van der Waals surface area contributed by atoms with Crippen molar-refractivity contribution in [3.8, 4) is 6.07 Å². The van der Waals surface area contributed by atoms with E-state index in [1.807, 2.05) is 13.0 Å². The maximum absolute atomic E-state index is 9.93. The van der Waals surface area contributed by atoms with Crippen molar-refractivity contribution in [2.75, 3.05) is 18.0 Å². The van der Waals surface area contributed by atoms with Crippen LogP contribution in [0.4, 0.5) is 5.69 Å². The minimum absolute atomic E-state index is 0.534. The molecule has 0 aliphatic carbocycles. The zero-order chi connectivity index (χ0) is 11.8. The first-order valence-electron chi connectivity index (χ1n) is 5.25. The number of anilines is 1. The van der Waals surface area contributed by atoms with Crippen molar-refractivity contribution in [1.82, 2.24) is 0 Å². The van der Waals surface area contributed by atoms with Gasteiger partial charge in [0.25, 0.3) is 0 Å². The molecule has 1 aromatic carbocycles. The first kappa shape index (κ1) is 11.4. The van der Waals surface area contributed by atoms with Crippen LogP contribution in [0.2, 0.25) is 0 Å². The average molecular weight is 281 g/mol. The lowest BCUT2D eigenvalue weighted by Gasteiger charge is -2.47. The quantitative estimate of drug-likeness (QED) is 0.904. The zero-order valence-corrected chi connectivity index (χ0v) is 10.7. The van der Waals surface area contributed by atoms with Gasteiger partial charge in [-0.15, -0.1) is 0 Å². The maximum atomic E-state index is 9.93. The van der Waals surface area contributed by atoms with Crippen LogP contribution in [-0.4, -0.2) is 23.8 Å². The van der Waals surface area contributed by atoms with Gasteiger partial charge in [-0.25, -0.2) is 0 Å². The summed E-state index contributed by atoms with van der Waals surface area (Å²) in [6.45, 7) is 3.31. The molecule has 4 heteroatoms. The lowest BCUT2D eigenvalue weighted by molar-refractivity contribution is 0.00846. The third-order valence-electron chi connectivity index (χ3n) is 3.05. The molecule has 0 atom stereocenters. The molecule has 0 radical (unpaired) electrons. The number of nitrogens with zero attached hydrogens (tertiary/aromatic N) is 2. The molecule has 1 saturated heterocycles. The van der Waals surface area contributed by atoms with Crippen LogP contribution in [0.3, 0.4) is 0 Å². The van der Waals surface area contributed by atoms with Crippen LogP contribution in [-0.2, 0) is 0 Å². The lowest BCUT2D eigenvalue weighted by Crippen LogP contribution is -2.61. The van der Waals surface area contributed by atoms with E-state index in [0.717, 1.165) is 16.6 Å². The van der Waals surface area contributed by atoms with E-state index in [2.05, 4.69) is 26.9 Å². The Morgan fingerprint density at radius 1 is 1.56 bits per heavy atom. The van der Waals surface area contributed by atoms with Gasteiger partial charge in [0.1, 0.15) is 0 Å². The van der Waals surface area contributed by atoms with Crippen molar-refractivity contribution >= 4 is 21.6 Å². The molecule has 0 aromatic heterocycles. The molecule has 16 heavy (non-hydrogen) atoms. The number of hydrogen-bond acceptors (Lipinski definition) is 3. The fraction of sp³-hybridized carbons (Fsp3) is 0.417. The van der Waals surface area contributed by atoms with Gasteiger partial charge in [0.2, 0.25) is 0 Å². The monoisotopic (exact) mass is 280 g/mol. The van der Waals surface area contributed by atoms with Crippen LogP contribution in [0.15, 0.2) is 22.7 Å². The van der Waals surface area contributed by atoms with Crippen LogP contribution in [0.5, 0.6) is 0 Å². The molecule has 0 bridgehead atoms. The molecule has 1 N–H and O–H groups in total. The summed E-state index contributed by atoms with van der Waals surface area (Å²) in [5, 5.41) is 18.7. The van der Waals surface area contributed by atoms with Crippen molar-refractivity contribution in [3.63, 3.8) is 0 Å². The Kier molecular flexibility index (Phi) is 2.92. The molecule has 1 aromatic rings. The van der Waals surface area contributed by atoms with Crippen LogP contribution in [0.1, 0.15) is 18.9 Å². The van der Waals surface area contributed by atoms with Crippen molar-refractivity contribution in [2.24, 2.45) is 0 Å². The van der Waals surface area contributed by atoms with Gasteiger partial charge in [-0.1, -0.05) is 6.92 Å². The Bertz CT molecular complexity index is 447. The topological polar surface area (TPSA) is 47.3 Å². The Hall–Kier alpha value is -1.05. The number of β-amino-alcohol motifs (C(OH)–C–C–N with tert-alkyl or cyclic N) is 1. The van der Waals surface area contributed by atoms with E-state index in [9.17, 15) is 5.11 Å². The molecule has 0 saturated carbocycles. The van der Waals surface area contributed by atoms with Gasteiger partial charge in [-0.3, -0.25) is 0 Å². The number of nitriles is 1. The predicted octanol–water partition coefficient (Wildman–Crippen LogP) is 2.28. The number of aliphatic hydroxyl groups is 1. The Labute approximate surface area is 103 Å². The van der Waals surface area contributed by atoms with Crippen molar-refractivity contribution < 1.29 is 5.11 Å². The van der Waals surface area contributed by atoms with E-state index < -0.39 is 5.60 Å². The van der Waals surface area contributed by atoms with Gasteiger partial charge < -0.3 is 10.0 Å². The van der Waals surface area contributed by atoms with E-state index >= 15 is 0 Å². The lowest BCUT2D eigenvalue weighted by atomic mass is 9.91. The predicted molar refractivity (Wildman–Crippen MR) is 66.3 cm³/mol. The van der Waals surface area contributed by atoms with Gasteiger partial charge in [-0.05, 0) is 40.5 Å². The maximum Gasteiger partial charge on any atom is 0.0992 e. The SMILES string of the molecule is CCC1(O)CN(c2ccc(C#N)cc2Br)C1. The summed E-state index contributed by atoms with van der Waals surface area (Å²) >= 11 is 3.45. The third kappa shape index (κ3) is 1.93. The third-order valence-corrected chi connectivity index (χ3v) is 3.68. The van der Waals surface area contributed by atoms with Crippen LogP contribution < -0.4 is 4.90 Å². The average Bonchev–Trinajstić information content (AvgIpc) is 2.25. The fourth-order valence-electron chi connectivity index (χ4n) is 1.89. The van der Waals surface area contributed by atoms with E-state index in [0.29, 0.717) is 18.7 Å². The van der Waals surface area contributed by atoms with Gasteiger partial charge in [0, 0.05) is 17.6 Å². The minimum atomic E-state index is -0.534. The minimum Gasteiger partial charge on any atom is -0.386 e. The zero-order valence-electron chi connectivity index (χ0n) is 9.07. The Morgan fingerprint density at radius 2 is 2.25 bits per heavy atom. The molecule has 0 unspecified atom stereocenters. The highest BCUT2D eigenvalue weighted by Crippen LogP contribution is 2.35. The van der Waals surface area contributed by atoms with E-state index in [4.69, 9.17) is 5.26 Å². The molecule has 3 nitrogen and oxygen atoms in total. The highest BCUT2D eigenvalue weighted by atomic mass is 79.9. The second kappa shape index (κ2) is 4.08. The standard InChI is InChI=1S/C12H13BrN2O/c1-2-12(16)7-15(8-12)11-4-3-9(6-14)5-10(11)13/h3-5,16H,2,7-8H2,1H3. The second-order valence-electron chi connectivity index (χ2n) is 4.21. The van der Waals surface area contributed by atoms with Crippen LogP contribution in [0, 0.1) is 11.3 Å². The van der Waals surface area contributed by atoms with Crippen molar-refractivity contribution in [1.29, 1.82) is 5.26 Å². The first-order chi connectivity index (χ1) is 7.58. The summed E-state index contributed by atoms with van der Waals surface area (Å²) in [5.41, 5.74) is 1.15. The van der Waals surface area contributed by atoms with E-state index in [1.165, 1.54) is 0 Å². The van der Waals surface area contributed by atoms with Gasteiger partial charge >= 0.3 is 0 Å². The number of benzene rings is 1. The summed E-state index contributed by atoms with van der Waals surface area (Å²) in [6, 6.07) is 7.61. The molecule has 1 aliphatic rings. The molecule has 0 amide bonds. The molecule has 2 rings (SSSR count).